The normalized spacial score (nSPS) is 10.1. The van der Waals surface area contributed by atoms with Gasteiger partial charge in [-0.3, -0.25) is 9.59 Å². The van der Waals surface area contributed by atoms with E-state index >= 15 is 0 Å². The van der Waals surface area contributed by atoms with Crippen molar-refractivity contribution < 1.29 is 19.1 Å². The summed E-state index contributed by atoms with van der Waals surface area (Å²) in [5.41, 5.74) is 1.59. The highest BCUT2D eigenvalue weighted by Gasteiger charge is 2.18. The Balaban J connectivity index is 2.05. The summed E-state index contributed by atoms with van der Waals surface area (Å²) in [6.45, 7) is 1.60. The van der Waals surface area contributed by atoms with Crippen molar-refractivity contribution >= 4 is 29.1 Å². The first kappa shape index (κ1) is 18.6. The van der Waals surface area contributed by atoms with E-state index in [1.807, 2.05) is 0 Å². The molecular formula is C18H19ClN2O4. The fourth-order valence-corrected chi connectivity index (χ4v) is 2.44. The zero-order chi connectivity index (χ0) is 18.4. The van der Waals surface area contributed by atoms with Gasteiger partial charge in [0.15, 0.2) is 0 Å². The van der Waals surface area contributed by atoms with Crippen LogP contribution in [0, 0.1) is 6.92 Å². The molecule has 0 unspecified atom stereocenters. The maximum absolute atomic E-state index is 12.4. The van der Waals surface area contributed by atoms with E-state index in [1.54, 1.807) is 43.3 Å². The third-order valence-electron chi connectivity index (χ3n) is 3.61. The molecular weight excluding hydrogens is 344 g/mol. The van der Waals surface area contributed by atoms with E-state index in [9.17, 15) is 9.59 Å². The van der Waals surface area contributed by atoms with Crippen molar-refractivity contribution in [2.24, 2.45) is 0 Å². The third-order valence-corrected chi connectivity index (χ3v) is 4.02. The predicted molar refractivity (Wildman–Crippen MR) is 96.7 cm³/mol. The number of anilines is 1. The molecule has 0 heterocycles. The molecule has 0 aromatic heterocycles. The molecule has 132 valence electrons. The maximum atomic E-state index is 12.4. The Morgan fingerprint density at radius 1 is 1.04 bits per heavy atom. The molecule has 2 rings (SSSR count). The lowest BCUT2D eigenvalue weighted by atomic mass is 10.1. The molecule has 2 amide bonds. The number of amides is 2. The van der Waals surface area contributed by atoms with Gasteiger partial charge in [-0.1, -0.05) is 23.7 Å². The summed E-state index contributed by atoms with van der Waals surface area (Å²) in [6, 6.07) is 10.2. The number of rotatable bonds is 6. The summed E-state index contributed by atoms with van der Waals surface area (Å²) >= 11 is 6.02. The zero-order valence-corrected chi connectivity index (χ0v) is 14.9. The first-order valence-corrected chi connectivity index (χ1v) is 7.90. The molecule has 0 fully saturated rings. The van der Waals surface area contributed by atoms with Crippen molar-refractivity contribution in [2.75, 3.05) is 26.1 Å². The first-order valence-electron chi connectivity index (χ1n) is 7.52. The molecule has 0 bridgehead atoms. The number of halogens is 1. The number of carbonyl (C=O) groups is 2. The number of ether oxygens (including phenoxy) is 2. The van der Waals surface area contributed by atoms with Crippen LogP contribution in [0.2, 0.25) is 5.02 Å². The lowest BCUT2D eigenvalue weighted by Crippen LogP contribution is -2.33. The molecule has 0 atom stereocenters. The number of hydrogen-bond acceptors (Lipinski definition) is 4. The van der Waals surface area contributed by atoms with Gasteiger partial charge < -0.3 is 20.1 Å². The average molecular weight is 363 g/mol. The first-order chi connectivity index (χ1) is 12.0. The van der Waals surface area contributed by atoms with Crippen LogP contribution in [0.15, 0.2) is 36.4 Å². The third kappa shape index (κ3) is 4.42. The number of carbonyl (C=O) groups excluding carboxylic acids is 2. The molecule has 0 aliphatic carbocycles. The Morgan fingerprint density at radius 3 is 2.24 bits per heavy atom. The van der Waals surface area contributed by atoms with E-state index in [1.165, 1.54) is 14.2 Å². The van der Waals surface area contributed by atoms with Crippen LogP contribution in [-0.4, -0.2) is 32.6 Å². The zero-order valence-electron chi connectivity index (χ0n) is 14.2. The SMILES string of the molecule is COc1cccc(OC)c1C(=O)NCC(=O)Nc1cccc(Cl)c1C. The minimum Gasteiger partial charge on any atom is -0.496 e. The quantitative estimate of drug-likeness (QED) is 0.828. The topological polar surface area (TPSA) is 76.7 Å². The van der Waals surface area contributed by atoms with Crippen molar-refractivity contribution in [2.45, 2.75) is 6.92 Å². The Hall–Kier alpha value is -2.73. The summed E-state index contributed by atoms with van der Waals surface area (Å²) in [5, 5.41) is 5.83. The largest absolute Gasteiger partial charge is 0.496 e. The van der Waals surface area contributed by atoms with Crippen molar-refractivity contribution in [1.29, 1.82) is 0 Å². The van der Waals surface area contributed by atoms with Gasteiger partial charge in [-0.25, -0.2) is 0 Å². The molecule has 0 aliphatic heterocycles. The van der Waals surface area contributed by atoms with Crippen molar-refractivity contribution in [1.82, 2.24) is 5.32 Å². The van der Waals surface area contributed by atoms with Gasteiger partial charge >= 0.3 is 0 Å². The van der Waals surface area contributed by atoms with E-state index in [2.05, 4.69) is 10.6 Å². The van der Waals surface area contributed by atoms with E-state index < -0.39 is 5.91 Å². The van der Waals surface area contributed by atoms with Gasteiger partial charge in [0.05, 0.1) is 20.8 Å². The molecule has 2 N–H and O–H groups in total. The minimum absolute atomic E-state index is 0.202. The molecule has 0 saturated carbocycles. The Bertz CT molecular complexity index is 770. The van der Waals surface area contributed by atoms with Gasteiger partial charge in [0.1, 0.15) is 17.1 Å². The summed E-state index contributed by atoms with van der Waals surface area (Å²) < 4.78 is 10.4. The minimum atomic E-state index is -0.465. The second-order valence-electron chi connectivity index (χ2n) is 5.18. The van der Waals surface area contributed by atoms with Crippen molar-refractivity contribution in [3.8, 4) is 11.5 Å². The standard InChI is InChI=1S/C18H19ClN2O4/c1-11-12(19)6-4-7-13(11)21-16(22)10-20-18(23)17-14(24-2)8-5-9-15(17)25-3/h4-9H,10H2,1-3H3,(H,20,23)(H,21,22). The number of nitrogens with one attached hydrogen (secondary N) is 2. The lowest BCUT2D eigenvalue weighted by Gasteiger charge is -2.13. The van der Waals surface area contributed by atoms with Crippen LogP contribution in [0.4, 0.5) is 5.69 Å². The van der Waals surface area contributed by atoms with Crippen LogP contribution in [0.25, 0.3) is 0 Å². The highest BCUT2D eigenvalue weighted by molar-refractivity contribution is 6.31. The fraction of sp³-hybridized carbons (Fsp3) is 0.222. The molecule has 2 aromatic rings. The summed E-state index contributed by atoms with van der Waals surface area (Å²) in [6.07, 6.45) is 0. The molecule has 25 heavy (non-hydrogen) atoms. The number of hydrogen-bond donors (Lipinski definition) is 2. The molecule has 0 saturated heterocycles. The van der Waals surface area contributed by atoms with E-state index in [-0.39, 0.29) is 18.0 Å². The Morgan fingerprint density at radius 2 is 1.64 bits per heavy atom. The van der Waals surface area contributed by atoms with Crippen LogP contribution in [0.5, 0.6) is 11.5 Å². The van der Waals surface area contributed by atoms with Crippen LogP contribution in [0.3, 0.4) is 0 Å². The van der Waals surface area contributed by atoms with Crippen LogP contribution in [-0.2, 0) is 4.79 Å². The van der Waals surface area contributed by atoms with Gasteiger partial charge in [0.2, 0.25) is 5.91 Å². The van der Waals surface area contributed by atoms with Gasteiger partial charge in [-0.15, -0.1) is 0 Å². The molecule has 2 aromatic carbocycles. The molecule has 6 nitrogen and oxygen atoms in total. The lowest BCUT2D eigenvalue weighted by molar-refractivity contribution is -0.115. The smallest absolute Gasteiger partial charge is 0.259 e. The Kier molecular flexibility index (Phi) is 6.25. The Labute approximate surface area is 151 Å². The van der Waals surface area contributed by atoms with Gasteiger partial charge in [-0.2, -0.15) is 0 Å². The van der Waals surface area contributed by atoms with Crippen LogP contribution < -0.4 is 20.1 Å². The molecule has 0 spiro atoms. The van der Waals surface area contributed by atoms with E-state index in [0.717, 1.165) is 5.56 Å². The summed E-state index contributed by atoms with van der Waals surface area (Å²) in [5.74, 6) is -0.106. The van der Waals surface area contributed by atoms with Gasteiger partial charge in [0, 0.05) is 10.7 Å². The van der Waals surface area contributed by atoms with Crippen molar-refractivity contribution in [3.63, 3.8) is 0 Å². The molecule has 0 radical (unpaired) electrons. The van der Waals surface area contributed by atoms with Crippen LogP contribution >= 0.6 is 11.6 Å². The van der Waals surface area contributed by atoms with Crippen LogP contribution in [0.1, 0.15) is 15.9 Å². The maximum Gasteiger partial charge on any atom is 0.259 e. The van der Waals surface area contributed by atoms with E-state index in [4.69, 9.17) is 21.1 Å². The summed E-state index contributed by atoms with van der Waals surface area (Å²) in [7, 11) is 2.92. The molecule has 0 aliphatic rings. The van der Waals surface area contributed by atoms with E-state index in [0.29, 0.717) is 22.2 Å². The highest BCUT2D eigenvalue weighted by atomic mass is 35.5. The number of benzene rings is 2. The average Bonchev–Trinajstić information content (AvgIpc) is 2.62. The van der Waals surface area contributed by atoms with Crippen molar-refractivity contribution in [3.05, 3.63) is 52.5 Å². The monoisotopic (exact) mass is 362 g/mol. The highest BCUT2D eigenvalue weighted by Crippen LogP contribution is 2.28. The number of methoxy groups -OCH3 is 2. The predicted octanol–water partition coefficient (Wildman–Crippen LogP) is 3.03. The molecule has 7 heteroatoms. The second kappa shape index (κ2) is 8.39. The second-order valence-corrected chi connectivity index (χ2v) is 5.59. The summed E-state index contributed by atoms with van der Waals surface area (Å²) in [4.78, 5) is 24.5. The fourth-order valence-electron chi connectivity index (χ4n) is 2.26. The van der Waals surface area contributed by atoms with Gasteiger partial charge in [0.25, 0.3) is 5.91 Å². The van der Waals surface area contributed by atoms with Gasteiger partial charge in [-0.05, 0) is 36.8 Å².